The molecule has 2 aliphatic rings. The van der Waals surface area contributed by atoms with Crippen LogP contribution in [0.2, 0.25) is 0 Å². The van der Waals surface area contributed by atoms with Gasteiger partial charge < -0.3 is 10.2 Å². The van der Waals surface area contributed by atoms with E-state index in [1.54, 1.807) is 6.33 Å². The number of nitrogens with one attached hydrogen (secondary N) is 1. The van der Waals surface area contributed by atoms with E-state index < -0.39 is 0 Å². The van der Waals surface area contributed by atoms with Crippen molar-refractivity contribution in [2.24, 2.45) is 0 Å². The smallest absolute Gasteiger partial charge is 0.134 e. The van der Waals surface area contributed by atoms with Crippen molar-refractivity contribution in [2.75, 3.05) is 23.3 Å². The number of fused-ring (bicyclic) bond motifs is 1. The highest BCUT2D eigenvalue weighted by Crippen LogP contribution is 2.32. The highest BCUT2D eigenvalue weighted by molar-refractivity contribution is 5.50. The molecule has 0 spiro atoms. The molecule has 0 saturated carbocycles. The SMILES string of the molecule is c1ccc2c(c1)CCCC2Nc1cc(N2CCCC2)ncn1. The van der Waals surface area contributed by atoms with Gasteiger partial charge in [-0.05, 0) is 43.2 Å². The lowest BCUT2D eigenvalue weighted by molar-refractivity contribution is 0.598. The highest BCUT2D eigenvalue weighted by atomic mass is 15.2. The largest absolute Gasteiger partial charge is 0.363 e. The molecule has 1 aliphatic carbocycles. The van der Waals surface area contributed by atoms with E-state index in [9.17, 15) is 0 Å². The zero-order valence-corrected chi connectivity index (χ0v) is 12.8. The molecule has 0 radical (unpaired) electrons. The lowest BCUT2D eigenvalue weighted by Crippen LogP contribution is -2.21. The Morgan fingerprint density at radius 1 is 1.05 bits per heavy atom. The molecule has 1 unspecified atom stereocenters. The fourth-order valence-electron chi connectivity index (χ4n) is 3.63. The Morgan fingerprint density at radius 2 is 1.91 bits per heavy atom. The summed E-state index contributed by atoms with van der Waals surface area (Å²) in [6.45, 7) is 2.23. The molecule has 4 nitrogen and oxygen atoms in total. The first-order valence-electron chi connectivity index (χ1n) is 8.31. The van der Waals surface area contributed by atoms with Crippen molar-refractivity contribution in [3.63, 3.8) is 0 Å². The van der Waals surface area contributed by atoms with E-state index in [-0.39, 0.29) is 0 Å². The van der Waals surface area contributed by atoms with E-state index in [1.807, 2.05) is 0 Å². The second kappa shape index (κ2) is 5.95. The van der Waals surface area contributed by atoms with Crippen molar-refractivity contribution in [2.45, 2.75) is 38.1 Å². The minimum atomic E-state index is 0.367. The average Bonchev–Trinajstić information content (AvgIpc) is 3.10. The predicted molar refractivity (Wildman–Crippen MR) is 89.2 cm³/mol. The zero-order chi connectivity index (χ0) is 14.8. The highest BCUT2D eigenvalue weighted by Gasteiger charge is 2.20. The van der Waals surface area contributed by atoms with Crippen LogP contribution in [0.15, 0.2) is 36.7 Å². The van der Waals surface area contributed by atoms with Crippen LogP contribution >= 0.6 is 0 Å². The van der Waals surface area contributed by atoms with Crippen LogP contribution in [0, 0.1) is 0 Å². The second-order valence-corrected chi connectivity index (χ2v) is 6.24. The van der Waals surface area contributed by atoms with Crippen molar-refractivity contribution < 1.29 is 0 Å². The van der Waals surface area contributed by atoms with E-state index in [0.717, 1.165) is 24.7 Å². The minimum Gasteiger partial charge on any atom is -0.363 e. The number of hydrogen-bond acceptors (Lipinski definition) is 4. The Kier molecular flexibility index (Phi) is 3.67. The van der Waals surface area contributed by atoms with Gasteiger partial charge in [0.1, 0.15) is 18.0 Å². The number of hydrogen-bond donors (Lipinski definition) is 1. The number of rotatable bonds is 3. The van der Waals surface area contributed by atoms with E-state index in [2.05, 4.69) is 50.5 Å². The molecule has 1 atom stereocenters. The summed E-state index contributed by atoms with van der Waals surface area (Å²) in [7, 11) is 0. The van der Waals surface area contributed by atoms with E-state index in [0.29, 0.717) is 6.04 Å². The summed E-state index contributed by atoms with van der Waals surface area (Å²) >= 11 is 0. The molecule has 1 aliphatic heterocycles. The molecule has 1 aromatic carbocycles. The van der Waals surface area contributed by atoms with Crippen molar-refractivity contribution in [1.29, 1.82) is 0 Å². The van der Waals surface area contributed by atoms with Gasteiger partial charge in [-0.2, -0.15) is 0 Å². The lowest BCUT2D eigenvalue weighted by atomic mass is 9.88. The molecular weight excluding hydrogens is 272 g/mol. The van der Waals surface area contributed by atoms with Crippen LogP contribution in [0.25, 0.3) is 0 Å². The normalized spacial score (nSPS) is 20.7. The Morgan fingerprint density at radius 3 is 2.82 bits per heavy atom. The summed E-state index contributed by atoms with van der Waals surface area (Å²) < 4.78 is 0. The van der Waals surface area contributed by atoms with Crippen molar-refractivity contribution in [3.8, 4) is 0 Å². The van der Waals surface area contributed by atoms with Gasteiger partial charge in [0.25, 0.3) is 0 Å². The Labute approximate surface area is 131 Å². The molecular formula is C18H22N4. The molecule has 4 heteroatoms. The summed E-state index contributed by atoms with van der Waals surface area (Å²) in [4.78, 5) is 11.2. The predicted octanol–water partition coefficient (Wildman–Crippen LogP) is 3.57. The quantitative estimate of drug-likeness (QED) is 0.939. The molecule has 0 amide bonds. The van der Waals surface area contributed by atoms with Crippen LogP contribution in [-0.2, 0) is 6.42 Å². The fraction of sp³-hybridized carbons (Fsp3) is 0.444. The monoisotopic (exact) mass is 294 g/mol. The standard InChI is InChI=1S/C18H22N4/c1-2-8-15-14(6-1)7-5-9-16(15)21-17-12-18(20-13-19-17)22-10-3-4-11-22/h1-2,6,8,12-13,16H,3-5,7,9-11H2,(H,19,20,21). The van der Waals surface area contributed by atoms with E-state index in [1.165, 1.54) is 43.2 Å². The van der Waals surface area contributed by atoms with Crippen LogP contribution in [0.3, 0.4) is 0 Å². The molecule has 2 heterocycles. The van der Waals surface area contributed by atoms with Gasteiger partial charge in [0.15, 0.2) is 0 Å². The van der Waals surface area contributed by atoms with E-state index in [4.69, 9.17) is 0 Å². The lowest BCUT2D eigenvalue weighted by Gasteiger charge is -2.27. The summed E-state index contributed by atoms with van der Waals surface area (Å²) in [5.41, 5.74) is 2.90. The van der Waals surface area contributed by atoms with Crippen molar-refractivity contribution in [1.82, 2.24) is 9.97 Å². The average molecular weight is 294 g/mol. The number of benzene rings is 1. The van der Waals surface area contributed by atoms with Gasteiger partial charge in [0.2, 0.25) is 0 Å². The van der Waals surface area contributed by atoms with Crippen LogP contribution in [0.4, 0.5) is 11.6 Å². The van der Waals surface area contributed by atoms with Gasteiger partial charge in [0, 0.05) is 19.2 Å². The Bertz CT molecular complexity index is 649. The van der Waals surface area contributed by atoms with Crippen LogP contribution in [0.1, 0.15) is 42.9 Å². The number of aromatic nitrogens is 2. The van der Waals surface area contributed by atoms with Crippen molar-refractivity contribution in [3.05, 3.63) is 47.8 Å². The zero-order valence-electron chi connectivity index (χ0n) is 12.8. The molecule has 1 fully saturated rings. The summed E-state index contributed by atoms with van der Waals surface area (Å²) in [5.74, 6) is 2.00. The number of nitrogens with zero attached hydrogens (tertiary/aromatic N) is 3. The maximum atomic E-state index is 4.43. The first-order chi connectivity index (χ1) is 10.9. The van der Waals surface area contributed by atoms with Gasteiger partial charge in [-0.25, -0.2) is 9.97 Å². The topological polar surface area (TPSA) is 41.0 Å². The Balaban J connectivity index is 1.55. The maximum absolute atomic E-state index is 4.43. The summed E-state index contributed by atoms with van der Waals surface area (Å²) in [5, 5.41) is 3.62. The maximum Gasteiger partial charge on any atom is 0.134 e. The molecule has 1 aromatic heterocycles. The van der Waals surface area contributed by atoms with Gasteiger partial charge in [0.05, 0.1) is 6.04 Å². The molecule has 22 heavy (non-hydrogen) atoms. The fourth-order valence-corrected chi connectivity index (χ4v) is 3.63. The van der Waals surface area contributed by atoms with Gasteiger partial charge in [-0.3, -0.25) is 0 Å². The van der Waals surface area contributed by atoms with Gasteiger partial charge >= 0.3 is 0 Å². The first kappa shape index (κ1) is 13.6. The third-order valence-corrected chi connectivity index (χ3v) is 4.77. The first-order valence-corrected chi connectivity index (χ1v) is 8.31. The molecule has 114 valence electrons. The third kappa shape index (κ3) is 2.65. The van der Waals surface area contributed by atoms with E-state index >= 15 is 0 Å². The molecule has 1 N–H and O–H groups in total. The molecule has 0 bridgehead atoms. The van der Waals surface area contributed by atoms with Crippen LogP contribution in [0.5, 0.6) is 0 Å². The minimum absolute atomic E-state index is 0.367. The molecule has 2 aromatic rings. The third-order valence-electron chi connectivity index (χ3n) is 4.77. The Hall–Kier alpha value is -2.10. The van der Waals surface area contributed by atoms with Gasteiger partial charge in [-0.15, -0.1) is 0 Å². The summed E-state index contributed by atoms with van der Waals surface area (Å²) in [6.07, 6.45) is 7.81. The van der Waals surface area contributed by atoms with Gasteiger partial charge in [-0.1, -0.05) is 24.3 Å². The summed E-state index contributed by atoms with van der Waals surface area (Å²) in [6, 6.07) is 11.2. The number of aryl methyl sites for hydroxylation is 1. The molecule has 1 saturated heterocycles. The van der Waals surface area contributed by atoms with Crippen LogP contribution in [-0.4, -0.2) is 23.1 Å². The number of anilines is 2. The second-order valence-electron chi connectivity index (χ2n) is 6.24. The molecule has 4 rings (SSSR count). The van der Waals surface area contributed by atoms with Crippen LogP contribution < -0.4 is 10.2 Å². The van der Waals surface area contributed by atoms with Crippen molar-refractivity contribution >= 4 is 11.6 Å².